The molecule has 1 unspecified atom stereocenters. The number of amides is 2. The lowest BCUT2D eigenvalue weighted by Crippen LogP contribution is -2.37. The molecule has 0 aliphatic heterocycles. The van der Waals surface area contributed by atoms with Gasteiger partial charge in [-0.1, -0.05) is 11.6 Å². The smallest absolute Gasteiger partial charge is 0.253 e. The standard InChI is InChI=1S/C28H34N14O3/c1-14-4-6-18(20(9-14)23(30)41-42-33)26(44)34-8-2-3-16(13-43)38-27(45)19-7-5-15(10-21(19)29)35-11-17-12-36-25-22(37-17)24(31)39-28(32)40-25/h4-7,9-10,12-13,16,35,42H,2-3,8,11,29,33H2,1H3,(H2,30,41)(H,34,44)(H,38,45)(H4,31,32,36,39,40). The first-order chi connectivity index (χ1) is 21.6. The van der Waals surface area contributed by atoms with Crippen LogP contribution < -0.4 is 50.3 Å². The average Bonchev–Trinajstić information content (AvgIpc) is 3.01. The van der Waals surface area contributed by atoms with Crippen molar-refractivity contribution in [2.24, 2.45) is 16.7 Å². The molecular formula is C28H34N14O3. The molecular weight excluding hydrogens is 580 g/mol. The largest absolute Gasteiger partial charge is 0.398 e. The number of aldehydes is 1. The number of hydrazone groups is 1. The number of benzene rings is 2. The molecule has 0 saturated carbocycles. The second kappa shape index (κ2) is 14.4. The van der Waals surface area contributed by atoms with Crippen LogP contribution in [-0.4, -0.2) is 56.5 Å². The molecule has 0 saturated heterocycles. The van der Waals surface area contributed by atoms with Crippen molar-refractivity contribution in [2.75, 3.05) is 29.1 Å². The molecule has 0 bridgehead atoms. The van der Waals surface area contributed by atoms with Crippen molar-refractivity contribution in [3.05, 3.63) is 70.5 Å². The summed E-state index contributed by atoms with van der Waals surface area (Å²) in [6, 6.07) is 9.15. The number of nitrogens with one attached hydrogen (secondary N) is 4. The first-order valence-electron chi connectivity index (χ1n) is 13.7. The molecule has 17 heteroatoms. The zero-order valence-electron chi connectivity index (χ0n) is 24.4. The summed E-state index contributed by atoms with van der Waals surface area (Å²) >= 11 is 0. The van der Waals surface area contributed by atoms with E-state index in [-0.39, 0.29) is 59.9 Å². The Hall–Kier alpha value is -6.10. The molecule has 17 nitrogen and oxygen atoms in total. The fourth-order valence-electron chi connectivity index (χ4n) is 4.38. The van der Waals surface area contributed by atoms with Crippen LogP contribution in [0.25, 0.3) is 11.2 Å². The minimum absolute atomic E-state index is 0.00956. The van der Waals surface area contributed by atoms with Gasteiger partial charge in [0, 0.05) is 23.5 Å². The van der Waals surface area contributed by atoms with Crippen LogP contribution >= 0.6 is 0 Å². The van der Waals surface area contributed by atoms with Gasteiger partial charge in [0.1, 0.15) is 6.29 Å². The lowest BCUT2D eigenvalue weighted by molar-refractivity contribution is -0.109. The van der Waals surface area contributed by atoms with Crippen LogP contribution in [0.5, 0.6) is 0 Å². The third-order valence-electron chi connectivity index (χ3n) is 6.61. The van der Waals surface area contributed by atoms with Gasteiger partial charge in [0.15, 0.2) is 22.8 Å². The molecule has 0 fully saturated rings. The monoisotopic (exact) mass is 614 g/mol. The molecule has 0 radical (unpaired) electrons. The lowest BCUT2D eigenvalue weighted by atomic mass is 10.0. The van der Waals surface area contributed by atoms with Gasteiger partial charge in [0.2, 0.25) is 5.95 Å². The number of anilines is 4. The van der Waals surface area contributed by atoms with Crippen molar-refractivity contribution in [1.82, 2.24) is 36.1 Å². The summed E-state index contributed by atoms with van der Waals surface area (Å²) in [6.45, 7) is 2.38. The van der Waals surface area contributed by atoms with Crippen molar-refractivity contribution in [1.29, 1.82) is 0 Å². The Bertz CT molecular complexity index is 1760. The maximum Gasteiger partial charge on any atom is 0.253 e. The third-order valence-corrected chi connectivity index (χ3v) is 6.61. The molecule has 4 aromatic rings. The number of hydrazine groups is 1. The van der Waals surface area contributed by atoms with Gasteiger partial charge in [0.05, 0.1) is 35.6 Å². The van der Waals surface area contributed by atoms with Crippen LogP contribution in [0.4, 0.5) is 23.1 Å². The number of nitrogens with two attached hydrogens (primary N) is 5. The van der Waals surface area contributed by atoms with Crippen molar-refractivity contribution in [3.8, 4) is 0 Å². The van der Waals surface area contributed by atoms with Crippen molar-refractivity contribution in [2.45, 2.75) is 32.4 Å². The van der Waals surface area contributed by atoms with Gasteiger partial charge in [-0.2, -0.15) is 9.97 Å². The van der Waals surface area contributed by atoms with Gasteiger partial charge in [-0.3, -0.25) is 9.59 Å². The number of aromatic nitrogens is 4. The summed E-state index contributed by atoms with van der Waals surface area (Å²) in [4.78, 5) is 53.9. The highest BCUT2D eigenvalue weighted by molar-refractivity contribution is 6.08. The van der Waals surface area contributed by atoms with E-state index in [0.29, 0.717) is 40.7 Å². The number of hydrogen-bond acceptors (Lipinski definition) is 14. The van der Waals surface area contributed by atoms with Crippen LogP contribution in [0.2, 0.25) is 0 Å². The second-order valence-electron chi connectivity index (χ2n) is 9.95. The van der Waals surface area contributed by atoms with Gasteiger partial charge in [-0.15, -0.1) is 5.10 Å². The van der Waals surface area contributed by atoms with E-state index in [2.05, 4.69) is 46.5 Å². The van der Waals surface area contributed by atoms with E-state index in [1.807, 2.05) is 6.92 Å². The number of aryl methyl sites for hydroxylation is 1. The van der Waals surface area contributed by atoms with E-state index in [4.69, 9.17) is 28.8 Å². The van der Waals surface area contributed by atoms with E-state index < -0.39 is 11.9 Å². The number of amidine groups is 1. The predicted octanol–water partition coefficient (Wildman–Crippen LogP) is -0.322. The van der Waals surface area contributed by atoms with E-state index in [1.54, 1.807) is 36.4 Å². The van der Waals surface area contributed by atoms with Crippen LogP contribution in [0.3, 0.4) is 0 Å². The molecule has 2 aromatic heterocycles. The van der Waals surface area contributed by atoms with Gasteiger partial charge in [-0.05, 0) is 50.1 Å². The lowest BCUT2D eigenvalue weighted by Gasteiger charge is -2.15. The highest BCUT2D eigenvalue weighted by Crippen LogP contribution is 2.20. The second-order valence-corrected chi connectivity index (χ2v) is 9.95. The first kappa shape index (κ1) is 31.8. The molecule has 0 aliphatic carbocycles. The summed E-state index contributed by atoms with van der Waals surface area (Å²) in [7, 11) is 0. The van der Waals surface area contributed by atoms with E-state index >= 15 is 0 Å². The Balaban J connectivity index is 1.29. The zero-order valence-corrected chi connectivity index (χ0v) is 24.4. The quantitative estimate of drug-likeness (QED) is 0.0177. The minimum atomic E-state index is -0.793. The number of nitrogens with zero attached hydrogens (tertiary/aromatic N) is 5. The molecule has 4 rings (SSSR count). The summed E-state index contributed by atoms with van der Waals surface area (Å²) in [6.07, 6.45) is 2.86. The molecule has 2 amide bonds. The van der Waals surface area contributed by atoms with Crippen LogP contribution in [0, 0.1) is 6.92 Å². The zero-order chi connectivity index (χ0) is 32.5. The van der Waals surface area contributed by atoms with Crippen LogP contribution in [-0.2, 0) is 11.3 Å². The van der Waals surface area contributed by atoms with E-state index in [1.165, 1.54) is 6.20 Å². The number of hydrogen-bond donors (Lipinski definition) is 9. The van der Waals surface area contributed by atoms with Gasteiger partial charge < -0.3 is 43.7 Å². The number of nitrogen functional groups attached to an aromatic ring is 3. The van der Waals surface area contributed by atoms with Crippen molar-refractivity contribution < 1.29 is 14.4 Å². The molecule has 234 valence electrons. The van der Waals surface area contributed by atoms with Crippen molar-refractivity contribution in [3.63, 3.8) is 0 Å². The molecule has 2 heterocycles. The summed E-state index contributed by atoms with van der Waals surface area (Å²) < 4.78 is 0. The van der Waals surface area contributed by atoms with Crippen molar-refractivity contribution >= 4 is 58.2 Å². The molecule has 1 atom stereocenters. The van der Waals surface area contributed by atoms with E-state index in [9.17, 15) is 14.4 Å². The Morgan fingerprint density at radius 2 is 1.78 bits per heavy atom. The van der Waals surface area contributed by atoms with Gasteiger partial charge >= 0.3 is 0 Å². The van der Waals surface area contributed by atoms with Crippen LogP contribution in [0.1, 0.15) is 50.4 Å². The molecule has 14 N–H and O–H groups in total. The third kappa shape index (κ3) is 8.05. The fourth-order valence-corrected chi connectivity index (χ4v) is 4.38. The number of carbonyl (C=O) groups is 3. The summed E-state index contributed by atoms with van der Waals surface area (Å²) in [5.41, 5.74) is 29.5. The normalized spacial score (nSPS) is 11.9. The highest BCUT2D eigenvalue weighted by Gasteiger charge is 2.17. The number of carbonyl (C=O) groups excluding carboxylic acids is 3. The predicted molar refractivity (Wildman–Crippen MR) is 170 cm³/mol. The maximum absolute atomic E-state index is 12.9. The van der Waals surface area contributed by atoms with E-state index in [0.717, 1.165) is 5.56 Å². The molecule has 2 aromatic carbocycles. The topological polar surface area (TPSA) is 293 Å². The Morgan fingerprint density at radius 1 is 1.00 bits per heavy atom. The fraction of sp³-hybridized carbons (Fsp3) is 0.214. The number of rotatable bonds is 13. The minimum Gasteiger partial charge on any atom is -0.398 e. The maximum atomic E-state index is 12.9. The first-order valence-corrected chi connectivity index (χ1v) is 13.7. The Morgan fingerprint density at radius 3 is 2.51 bits per heavy atom. The summed E-state index contributed by atoms with van der Waals surface area (Å²) in [5.74, 6) is 4.52. The molecule has 0 spiro atoms. The molecule has 45 heavy (non-hydrogen) atoms. The van der Waals surface area contributed by atoms with Gasteiger partial charge in [-0.25, -0.2) is 21.3 Å². The van der Waals surface area contributed by atoms with Crippen LogP contribution in [0.15, 0.2) is 47.7 Å². The Kier molecular flexibility index (Phi) is 10.2. The SMILES string of the molecule is Cc1ccc(C(=O)NCCCC(C=O)NC(=O)c2ccc(NCc3cnc4nc(N)nc(N)c4n3)cc2N)c(/C(N)=N/NN)c1. The Labute approximate surface area is 257 Å². The van der Waals surface area contributed by atoms with Gasteiger partial charge in [0.25, 0.3) is 11.8 Å². The molecule has 0 aliphatic rings. The average molecular weight is 615 g/mol. The number of fused-ring (bicyclic) bond motifs is 1. The highest BCUT2D eigenvalue weighted by atomic mass is 16.2. The summed E-state index contributed by atoms with van der Waals surface area (Å²) in [5, 5.41) is 12.4.